The second-order valence-corrected chi connectivity index (χ2v) is 10.1. The van der Waals surface area contributed by atoms with Crippen molar-refractivity contribution in [3.8, 4) is 22.3 Å². The van der Waals surface area contributed by atoms with Crippen LogP contribution >= 0.6 is 0 Å². The molecule has 0 aromatic heterocycles. The summed E-state index contributed by atoms with van der Waals surface area (Å²) < 4.78 is 27.1. The first-order valence-electron chi connectivity index (χ1n) is 12.1. The lowest BCUT2D eigenvalue weighted by Gasteiger charge is -2.17. The van der Waals surface area contributed by atoms with Gasteiger partial charge in [0.1, 0.15) is 5.82 Å². The van der Waals surface area contributed by atoms with Crippen molar-refractivity contribution in [2.45, 2.75) is 59.4 Å². The molecule has 0 saturated heterocycles. The fourth-order valence-electron chi connectivity index (χ4n) is 4.00. The summed E-state index contributed by atoms with van der Waals surface area (Å²) in [6.07, 6.45) is 5.30. The van der Waals surface area contributed by atoms with E-state index < -0.39 is 0 Å². The summed E-state index contributed by atoms with van der Waals surface area (Å²) in [5.41, 5.74) is 6.23. The van der Waals surface area contributed by atoms with Gasteiger partial charge in [-0.05, 0) is 71.5 Å². The van der Waals surface area contributed by atoms with Crippen LogP contribution in [0.4, 0.5) is 8.78 Å². The van der Waals surface area contributed by atoms with Crippen molar-refractivity contribution < 1.29 is 8.78 Å². The van der Waals surface area contributed by atoms with Gasteiger partial charge >= 0.3 is 0 Å². The van der Waals surface area contributed by atoms with Gasteiger partial charge in [-0.15, -0.1) is 0 Å². The highest BCUT2D eigenvalue weighted by Crippen LogP contribution is 2.29. The third-order valence-corrected chi connectivity index (χ3v) is 5.98. The van der Waals surface area contributed by atoms with E-state index in [9.17, 15) is 8.78 Å². The van der Waals surface area contributed by atoms with Crippen LogP contribution in [0.1, 0.15) is 57.6 Å². The first-order valence-corrected chi connectivity index (χ1v) is 12.1. The molecule has 0 aliphatic carbocycles. The highest BCUT2D eigenvalue weighted by molar-refractivity contribution is 5.71. The molecule has 0 radical (unpaired) electrons. The van der Waals surface area contributed by atoms with Crippen molar-refractivity contribution in [2.24, 2.45) is 5.41 Å². The number of benzene rings is 3. The largest absolute Gasteiger partial charge is 0.313 e. The summed E-state index contributed by atoms with van der Waals surface area (Å²) >= 11 is 0. The van der Waals surface area contributed by atoms with Crippen LogP contribution in [0.5, 0.6) is 0 Å². The molecule has 0 atom stereocenters. The quantitative estimate of drug-likeness (QED) is 0.290. The van der Waals surface area contributed by atoms with Crippen LogP contribution < -0.4 is 5.32 Å². The Kier molecular flexibility index (Phi) is 9.20. The van der Waals surface area contributed by atoms with Gasteiger partial charge in [0.05, 0.1) is 6.67 Å². The summed E-state index contributed by atoms with van der Waals surface area (Å²) in [7, 11) is 0. The minimum Gasteiger partial charge on any atom is -0.313 e. The number of alkyl halides is 1. The number of rotatable bonds is 11. The van der Waals surface area contributed by atoms with Crippen molar-refractivity contribution >= 4 is 0 Å². The monoisotopic (exact) mass is 449 g/mol. The molecule has 0 amide bonds. The van der Waals surface area contributed by atoms with Gasteiger partial charge in [0.2, 0.25) is 0 Å². The fourth-order valence-corrected chi connectivity index (χ4v) is 4.00. The maximum absolute atomic E-state index is 14.9. The van der Waals surface area contributed by atoms with Gasteiger partial charge in [-0.2, -0.15) is 0 Å². The van der Waals surface area contributed by atoms with Crippen LogP contribution in [0, 0.1) is 11.2 Å². The summed E-state index contributed by atoms with van der Waals surface area (Å²) in [5, 5.41) is 3.21. The zero-order valence-electron chi connectivity index (χ0n) is 20.3. The summed E-state index contributed by atoms with van der Waals surface area (Å²) in [6, 6.07) is 21.9. The molecule has 3 rings (SSSR count). The lowest BCUT2D eigenvalue weighted by atomic mass is 9.89. The molecule has 1 nitrogen and oxygen atoms in total. The zero-order chi connectivity index (χ0) is 23.7. The predicted molar refractivity (Wildman–Crippen MR) is 137 cm³/mol. The Morgan fingerprint density at radius 1 is 0.727 bits per heavy atom. The molecule has 0 aliphatic rings. The van der Waals surface area contributed by atoms with Gasteiger partial charge < -0.3 is 5.32 Å². The highest BCUT2D eigenvalue weighted by atomic mass is 19.1. The van der Waals surface area contributed by atoms with E-state index in [1.807, 2.05) is 36.4 Å². The normalized spacial score (nSPS) is 11.7. The number of halogens is 2. The molecule has 33 heavy (non-hydrogen) atoms. The Morgan fingerprint density at radius 2 is 1.36 bits per heavy atom. The molecule has 0 fully saturated rings. The third kappa shape index (κ3) is 8.08. The van der Waals surface area contributed by atoms with Crippen LogP contribution in [0.25, 0.3) is 22.3 Å². The predicted octanol–water partition coefficient (Wildman–Crippen LogP) is 8.37. The van der Waals surface area contributed by atoms with E-state index in [0.717, 1.165) is 28.7 Å². The number of nitrogens with one attached hydrogen (secondary N) is 1. The van der Waals surface area contributed by atoms with E-state index in [-0.39, 0.29) is 12.5 Å². The van der Waals surface area contributed by atoms with E-state index in [2.05, 4.69) is 50.4 Å². The van der Waals surface area contributed by atoms with Crippen molar-refractivity contribution in [1.82, 2.24) is 5.32 Å². The molecule has 3 aromatic rings. The van der Waals surface area contributed by atoms with Crippen molar-refractivity contribution in [3.63, 3.8) is 0 Å². The van der Waals surface area contributed by atoms with Gasteiger partial charge in [0, 0.05) is 12.1 Å². The molecule has 176 valence electrons. The number of aryl methyl sites for hydroxylation is 1. The standard InChI is InChI=1S/C30H37F2N/c1-30(2,3)18-5-4-7-23-8-12-25(13-9-23)27-16-17-28(29(32)21-27)26-14-10-24(11-15-26)22-33-20-6-19-31/h8-17,21,33H,4-7,18-20,22H2,1-3H3. The third-order valence-electron chi connectivity index (χ3n) is 5.98. The van der Waals surface area contributed by atoms with Gasteiger partial charge in [0.15, 0.2) is 0 Å². The molecule has 3 heteroatoms. The maximum atomic E-state index is 14.9. The van der Waals surface area contributed by atoms with Crippen LogP contribution in [-0.4, -0.2) is 13.2 Å². The van der Waals surface area contributed by atoms with E-state index >= 15 is 0 Å². The van der Waals surface area contributed by atoms with Gasteiger partial charge in [0.25, 0.3) is 0 Å². The number of hydrogen-bond acceptors (Lipinski definition) is 1. The molecule has 0 saturated carbocycles. The van der Waals surface area contributed by atoms with Gasteiger partial charge in [-0.3, -0.25) is 4.39 Å². The number of hydrogen-bond donors (Lipinski definition) is 1. The van der Waals surface area contributed by atoms with Crippen LogP contribution in [0.15, 0.2) is 66.7 Å². The minimum atomic E-state index is -0.303. The minimum absolute atomic E-state index is 0.215. The topological polar surface area (TPSA) is 12.0 Å². The first kappa shape index (κ1) is 25.1. The SMILES string of the molecule is CC(C)(C)CCCCc1ccc(-c2ccc(-c3ccc(CNCCCF)cc3)c(F)c2)cc1. The van der Waals surface area contributed by atoms with Gasteiger partial charge in [-0.25, -0.2) is 4.39 Å². The molecular weight excluding hydrogens is 412 g/mol. The Balaban J connectivity index is 1.60. The van der Waals surface area contributed by atoms with E-state index in [1.165, 1.54) is 24.8 Å². The fraction of sp³-hybridized carbons (Fsp3) is 0.400. The first-order chi connectivity index (χ1) is 15.9. The molecule has 0 bridgehead atoms. The Morgan fingerprint density at radius 3 is 2.00 bits per heavy atom. The smallest absolute Gasteiger partial charge is 0.131 e. The van der Waals surface area contributed by atoms with Crippen molar-refractivity contribution in [2.75, 3.05) is 13.2 Å². The molecule has 3 aromatic carbocycles. The lowest BCUT2D eigenvalue weighted by molar-refractivity contribution is 0.360. The Bertz CT molecular complexity index is 985. The molecule has 0 unspecified atom stereocenters. The highest BCUT2D eigenvalue weighted by Gasteiger charge is 2.10. The summed E-state index contributed by atoms with van der Waals surface area (Å²) in [4.78, 5) is 0. The summed E-state index contributed by atoms with van der Waals surface area (Å²) in [6.45, 7) is 7.91. The molecule has 0 aliphatic heterocycles. The Hall–Kier alpha value is -2.52. The van der Waals surface area contributed by atoms with Crippen LogP contribution in [-0.2, 0) is 13.0 Å². The second kappa shape index (κ2) is 12.1. The van der Waals surface area contributed by atoms with E-state index in [1.54, 1.807) is 6.07 Å². The second-order valence-electron chi connectivity index (χ2n) is 10.1. The van der Waals surface area contributed by atoms with Gasteiger partial charge in [-0.1, -0.05) is 87.9 Å². The molecular formula is C30H37F2N. The van der Waals surface area contributed by atoms with Crippen molar-refractivity contribution in [3.05, 3.63) is 83.7 Å². The molecule has 0 heterocycles. The molecule has 1 N–H and O–H groups in total. The maximum Gasteiger partial charge on any atom is 0.131 e. The van der Waals surface area contributed by atoms with Crippen molar-refractivity contribution in [1.29, 1.82) is 0 Å². The average molecular weight is 450 g/mol. The summed E-state index contributed by atoms with van der Waals surface area (Å²) in [5.74, 6) is -0.215. The Labute approximate surface area is 198 Å². The number of unbranched alkanes of at least 4 members (excludes halogenated alkanes) is 1. The average Bonchev–Trinajstić information content (AvgIpc) is 2.80. The zero-order valence-corrected chi connectivity index (χ0v) is 20.3. The van der Waals surface area contributed by atoms with E-state index in [0.29, 0.717) is 30.5 Å². The lowest BCUT2D eigenvalue weighted by Crippen LogP contribution is -2.14. The van der Waals surface area contributed by atoms with Crippen LogP contribution in [0.3, 0.4) is 0 Å². The van der Waals surface area contributed by atoms with E-state index in [4.69, 9.17) is 0 Å². The van der Waals surface area contributed by atoms with Crippen LogP contribution in [0.2, 0.25) is 0 Å². The molecule has 0 spiro atoms.